The van der Waals surface area contributed by atoms with Crippen LogP contribution in [0.2, 0.25) is 38.8 Å². The first-order valence-electron chi connectivity index (χ1n) is 7.64. The fraction of sp³-hybridized carbons (Fsp3) is 0.733. The van der Waals surface area contributed by atoms with Gasteiger partial charge in [0.05, 0.1) is 0 Å². The minimum absolute atomic E-state index is 0.179. The van der Waals surface area contributed by atoms with Crippen LogP contribution in [0.5, 0.6) is 0 Å². The van der Waals surface area contributed by atoms with E-state index in [9.17, 15) is 9.59 Å². The first kappa shape index (κ1) is 21.1. The normalized spacial score (nSPS) is 14.4. The molecule has 1 N–H and O–H groups in total. The molecule has 128 valence electrons. The summed E-state index contributed by atoms with van der Waals surface area (Å²) in [6.07, 6.45) is 2.28. The summed E-state index contributed by atoms with van der Waals surface area (Å²) in [5.41, 5.74) is 0. The molecule has 0 aromatic rings. The van der Waals surface area contributed by atoms with Gasteiger partial charge in [-0.3, -0.25) is 0 Å². The van der Waals surface area contributed by atoms with Crippen LogP contribution in [0.1, 0.15) is 20.3 Å². The fourth-order valence-corrected chi connectivity index (χ4v) is 10.2. The van der Waals surface area contributed by atoms with Crippen molar-refractivity contribution in [2.24, 2.45) is 5.92 Å². The van der Waals surface area contributed by atoms with Crippen LogP contribution in [0.4, 0.5) is 0 Å². The summed E-state index contributed by atoms with van der Waals surface area (Å²) in [7, 11) is -3.35. The minimum atomic E-state index is -1.78. The van der Waals surface area contributed by atoms with Crippen molar-refractivity contribution in [3.05, 3.63) is 12.2 Å². The van der Waals surface area contributed by atoms with Crippen molar-refractivity contribution < 1.29 is 23.5 Å². The molecule has 0 heterocycles. The Bertz CT molecular complexity index is 411. The summed E-state index contributed by atoms with van der Waals surface area (Å²) in [6.45, 7) is 14.9. The number of ether oxygens (including phenoxy) is 1. The lowest BCUT2D eigenvalue weighted by Crippen LogP contribution is -2.43. The summed E-state index contributed by atoms with van der Waals surface area (Å²) >= 11 is 0. The van der Waals surface area contributed by atoms with Crippen LogP contribution in [0, 0.1) is 5.92 Å². The van der Waals surface area contributed by atoms with Crippen molar-refractivity contribution >= 4 is 28.6 Å². The summed E-state index contributed by atoms with van der Waals surface area (Å²) in [6, 6.07) is 0.913. The summed E-state index contributed by atoms with van der Waals surface area (Å²) in [4.78, 5) is 22.0. The topological polar surface area (TPSA) is 72.8 Å². The molecule has 1 atom stereocenters. The smallest absolute Gasteiger partial charge is 0.331 e. The predicted octanol–water partition coefficient (Wildman–Crippen LogP) is 3.64. The first-order valence-corrected chi connectivity index (χ1v) is 14.2. The molecular weight excluding hydrogens is 316 g/mol. The van der Waals surface area contributed by atoms with Crippen molar-refractivity contribution in [1.29, 1.82) is 0 Å². The SMILES string of the molecule is CC(C)C(CC[Si](C)(C)O[Si](C)(C)C)OC(=O)/C=C/C(=O)O. The van der Waals surface area contributed by atoms with E-state index in [1.54, 1.807) is 0 Å². The van der Waals surface area contributed by atoms with Crippen LogP contribution in [0.15, 0.2) is 12.2 Å². The molecule has 7 heteroatoms. The van der Waals surface area contributed by atoms with Crippen molar-refractivity contribution in [2.75, 3.05) is 0 Å². The molecule has 5 nitrogen and oxygen atoms in total. The summed E-state index contributed by atoms with van der Waals surface area (Å²) in [5, 5.41) is 8.52. The second-order valence-electron chi connectivity index (χ2n) is 7.40. The quantitative estimate of drug-likeness (QED) is 0.392. The Morgan fingerprint density at radius 3 is 2.05 bits per heavy atom. The Morgan fingerprint density at radius 2 is 1.64 bits per heavy atom. The highest BCUT2D eigenvalue weighted by Gasteiger charge is 2.31. The molecule has 22 heavy (non-hydrogen) atoms. The minimum Gasteiger partial charge on any atom is -0.478 e. The van der Waals surface area contributed by atoms with Crippen molar-refractivity contribution in [3.8, 4) is 0 Å². The van der Waals surface area contributed by atoms with E-state index in [4.69, 9.17) is 14.0 Å². The third-order valence-corrected chi connectivity index (χ3v) is 9.14. The highest BCUT2D eigenvalue weighted by molar-refractivity contribution is 6.84. The molecule has 0 aromatic heterocycles. The molecule has 0 spiro atoms. The van der Waals surface area contributed by atoms with Gasteiger partial charge in [0.1, 0.15) is 6.10 Å². The van der Waals surface area contributed by atoms with E-state index in [0.29, 0.717) is 0 Å². The van der Waals surface area contributed by atoms with E-state index in [1.165, 1.54) is 0 Å². The number of hydrogen-bond donors (Lipinski definition) is 1. The molecule has 1 unspecified atom stereocenters. The standard InChI is InChI=1S/C15H30O5Si2/c1-12(2)13(19-15(18)9-8-14(16)17)10-11-22(6,7)20-21(3,4)5/h8-9,12-13H,10-11H2,1-7H3,(H,16,17)/b9-8+. The third kappa shape index (κ3) is 10.8. The van der Waals surface area contributed by atoms with Crippen LogP contribution < -0.4 is 0 Å². The number of hydrogen-bond acceptors (Lipinski definition) is 4. The van der Waals surface area contributed by atoms with Crippen LogP contribution in [0.25, 0.3) is 0 Å². The zero-order valence-corrected chi connectivity index (χ0v) is 16.8. The van der Waals surface area contributed by atoms with Gasteiger partial charge < -0.3 is 14.0 Å². The Kier molecular flexibility index (Phi) is 8.28. The van der Waals surface area contributed by atoms with Gasteiger partial charge >= 0.3 is 11.9 Å². The van der Waals surface area contributed by atoms with E-state index < -0.39 is 28.6 Å². The molecule has 0 saturated heterocycles. The molecule has 0 aliphatic carbocycles. The number of carbonyl (C=O) groups is 2. The molecule has 0 aliphatic heterocycles. The lowest BCUT2D eigenvalue weighted by Gasteiger charge is -2.33. The van der Waals surface area contributed by atoms with Gasteiger partial charge in [0.15, 0.2) is 16.6 Å². The highest BCUT2D eigenvalue weighted by Crippen LogP contribution is 2.24. The van der Waals surface area contributed by atoms with Gasteiger partial charge in [0, 0.05) is 12.2 Å². The van der Waals surface area contributed by atoms with Crippen LogP contribution in [0.3, 0.4) is 0 Å². The Hall–Kier alpha value is -0.926. The lowest BCUT2D eigenvalue weighted by atomic mass is 10.1. The zero-order chi connectivity index (χ0) is 17.6. The molecule has 0 aromatic carbocycles. The Balaban J connectivity index is 4.60. The van der Waals surface area contributed by atoms with Gasteiger partial charge in [-0.1, -0.05) is 13.8 Å². The van der Waals surface area contributed by atoms with Gasteiger partial charge in [0.2, 0.25) is 0 Å². The van der Waals surface area contributed by atoms with E-state index in [1.807, 2.05) is 13.8 Å². The maximum atomic E-state index is 11.6. The molecule has 0 amide bonds. The zero-order valence-electron chi connectivity index (χ0n) is 14.8. The number of esters is 1. The Morgan fingerprint density at radius 1 is 1.09 bits per heavy atom. The number of carbonyl (C=O) groups excluding carboxylic acids is 1. The number of carboxylic acids is 1. The average Bonchev–Trinajstić information content (AvgIpc) is 2.28. The van der Waals surface area contributed by atoms with Crippen LogP contribution >= 0.6 is 0 Å². The molecule has 0 saturated carbocycles. The highest BCUT2D eigenvalue weighted by atomic mass is 28.4. The molecule has 0 aliphatic rings. The second kappa shape index (κ2) is 8.64. The average molecular weight is 347 g/mol. The third-order valence-electron chi connectivity index (χ3n) is 2.99. The largest absolute Gasteiger partial charge is 0.478 e. The van der Waals surface area contributed by atoms with Crippen LogP contribution in [-0.4, -0.2) is 39.8 Å². The van der Waals surface area contributed by atoms with Gasteiger partial charge in [-0.2, -0.15) is 0 Å². The summed E-state index contributed by atoms with van der Waals surface area (Å²) < 4.78 is 11.7. The van der Waals surface area contributed by atoms with Crippen molar-refractivity contribution in [3.63, 3.8) is 0 Å². The fourth-order valence-electron chi connectivity index (χ4n) is 2.23. The monoisotopic (exact) mass is 346 g/mol. The molecule has 0 radical (unpaired) electrons. The van der Waals surface area contributed by atoms with Gasteiger partial charge in [-0.05, 0) is 51.1 Å². The second-order valence-corrected chi connectivity index (χ2v) is 16.5. The van der Waals surface area contributed by atoms with Gasteiger partial charge in [-0.25, -0.2) is 9.59 Å². The van der Waals surface area contributed by atoms with E-state index in [2.05, 4.69) is 32.7 Å². The van der Waals surface area contributed by atoms with Crippen molar-refractivity contribution in [2.45, 2.75) is 65.2 Å². The number of aliphatic carboxylic acids is 1. The van der Waals surface area contributed by atoms with E-state index >= 15 is 0 Å². The maximum Gasteiger partial charge on any atom is 0.331 e. The predicted molar refractivity (Wildman–Crippen MR) is 92.8 cm³/mol. The van der Waals surface area contributed by atoms with Gasteiger partial charge in [0.25, 0.3) is 0 Å². The van der Waals surface area contributed by atoms with E-state index in [0.717, 1.165) is 24.6 Å². The summed E-state index contributed by atoms with van der Waals surface area (Å²) in [5.74, 6) is -1.58. The Labute approximate surface area is 136 Å². The van der Waals surface area contributed by atoms with Crippen molar-refractivity contribution in [1.82, 2.24) is 0 Å². The van der Waals surface area contributed by atoms with E-state index in [-0.39, 0.29) is 12.0 Å². The van der Waals surface area contributed by atoms with Crippen LogP contribution in [-0.2, 0) is 18.4 Å². The molecule has 0 rings (SSSR count). The lowest BCUT2D eigenvalue weighted by molar-refractivity contribution is -0.145. The molecule has 0 bridgehead atoms. The molecular formula is C15H30O5Si2. The number of carboxylic acid groups (broad SMARTS) is 1. The van der Waals surface area contributed by atoms with Gasteiger partial charge in [-0.15, -0.1) is 0 Å². The number of rotatable bonds is 9. The maximum absolute atomic E-state index is 11.6. The molecule has 0 fully saturated rings. The first-order chi connectivity index (χ1) is 9.82.